The molecule has 1 saturated heterocycles. The maximum Gasteiger partial charge on any atom is 0.426 e. The van der Waals surface area contributed by atoms with Gasteiger partial charge in [0.1, 0.15) is 0 Å². The second kappa shape index (κ2) is 7.96. The van der Waals surface area contributed by atoms with Gasteiger partial charge in [0, 0.05) is 13.7 Å². The van der Waals surface area contributed by atoms with Gasteiger partial charge in [-0.25, -0.2) is 0 Å². The van der Waals surface area contributed by atoms with Gasteiger partial charge < -0.3 is 9.84 Å². The van der Waals surface area contributed by atoms with Crippen molar-refractivity contribution in [2.75, 3.05) is 13.7 Å². The zero-order valence-electron chi connectivity index (χ0n) is 15.5. The molecule has 1 heterocycles. The lowest BCUT2D eigenvalue weighted by Gasteiger charge is -2.40. The first-order valence-corrected chi connectivity index (χ1v) is 8.95. The molecule has 26 heavy (non-hydrogen) atoms. The van der Waals surface area contributed by atoms with Crippen molar-refractivity contribution in [1.82, 2.24) is 5.01 Å². The van der Waals surface area contributed by atoms with E-state index in [4.69, 9.17) is 4.74 Å². The van der Waals surface area contributed by atoms with Crippen LogP contribution in [0.1, 0.15) is 45.1 Å². The summed E-state index contributed by atoms with van der Waals surface area (Å²) in [5, 5.41) is 16.1. The van der Waals surface area contributed by atoms with Crippen LogP contribution in [0.3, 0.4) is 0 Å². The van der Waals surface area contributed by atoms with Crippen molar-refractivity contribution in [3.05, 3.63) is 35.9 Å². The minimum absolute atomic E-state index is 0.119. The number of halogens is 3. The maximum absolute atomic E-state index is 13.6. The number of rotatable bonds is 7. The fourth-order valence-corrected chi connectivity index (χ4v) is 3.73. The zero-order valence-corrected chi connectivity index (χ0v) is 15.5. The van der Waals surface area contributed by atoms with Crippen LogP contribution in [0.25, 0.3) is 0 Å². The van der Waals surface area contributed by atoms with E-state index < -0.39 is 17.4 Å². The summed E-state index contributed by atoms with van der Waals surface area (Å²) < 4.78 is 46.6. The van der Waals surface area contributed by atoms with E-state index in [0.29, 0.717) is 12.8 Å². The van der Waals surface area contributed by atoms with Crippen LogP contribution in [-0.4, -0.2) is 47.8 Å². The lowest BCUT2D eigenvalue weighted by Crippen LogP contribution is -2.49. The number of ether oxygens (including phenoxy) is 1. The molecule has 146 valence electrons. The second-order valence-corrected chi connectivity index (χ2v) is 6.67. The molecule has 4 nitrogen and oxygen atoms in total. The van der Waals surface area contributed by atoms with Crippen LogP contribution >= 0.6 is 0 Å². The molecule has 0 bridgehead atoms. The van der Waals surface area contributed by atoms with Crippen LogP contribution in [0, 0.1) is 0 Å². The molecule has 0 spiro atoms. The van der Waals surface area contributed by atoms with Gasteiger partial charge in [-0.2, -0.15) is 18.3 Å². The molecule has 1 N–H and O–H groups in total. The van der Waals surface area contributed by atoms with E-state index in [1.54, 1.807) is 18.2 Å². The Morgan fingerprint density at radius 3 is 2.35 bits per heavy atom. The number of nitrogens with zero attached hydrogens (tertiary/aromatic N) is 2. The Hall–Kier alpha value is -1.60. The Kier molecular flexibility index (Phi) is 6.34. The molecule has 0 aromatic heterocycles. The quantitative estimate of drug-likeness (QED) is 0.733. The van der Waals surface area contributed by atoms with E-state index in [9.17, 15) is 18.3 Å². The SMILES string of the molecule is CCC(CC)(OC)[C@@H]1CCCN1/N=C/C(O)(c1ccccc1)C(F)(F)F. The number of hydrogen-bond acceptors (Lipinski definition) is 4. The highest BCUT2D eigenvalue weighted by atomic mass is 19.4. The number of hydrogen-bond donors (Lipinski definition) is 1. The molecule has 0 amide bonds. The number of methoxy groups -OCH3 is 1. The molecule has 1 aromatic rings. The van der Waals surface area contributed by atoms with Crippen molar-refractivity contribution < 1.29 is 23.0 Å². The van der Waals surface area contributed by atoms with E-state index in [0.717, 1.165) is 25.7 Å². The van der Waals surface area contributed by atoms with Gasteiger partial charge in [0.2, 0.25) is 5.60 Å². The first kappa shape index (κ1) is 20.7. The Morgan fingerprint density at radius 1 is 1.23 bits per heavy atom. The molecule has 0 aliphatic carbocycles. The molecular weight excluding hydrogens is 345 g/mol. The van der Waals surface area contributed by atoms with Crippen molar-refractivity contribution in [1.29, 1.82) is 0 Å². The van der Waals surface area contributed by atoms with Gasteiger partial charge in [-0.3, -0.25) is 5.01 Å². The summed E-state index contributed by atoms with van der Waals surface area (Å²) in [7, 11) is 1.63. The average molecular weight is 372 g/mol. The van der Waals surface area contributed by atoms with E-state index in [1.165, 1.54) is 24.3 Å². The zero-order chi connectivity index (χ0) is 19.4. The summed E-state index contributed by atoms with van der Waals surface area (Å²) in [5.41, 5.74) is -3.84. The second-order valence-electron chi connectivity index (χ2n) is 6.67. The summed E-state index contributed by atoms with van der Waals surface area (Å²) >= 11 is 0. The van der Waals surface area contributed by atoms with Crippen molar-refractivity contribution in [2.45, 2.75) is 63.0 Å². The smallest absolute Gasteiger partial charge is 0.376 e. The fourth-order valence-electron chi connectivity index (χ4n) is 3.73. The minimum Gasteiger partial charge on any atom is -0.376 e. The molecule has 0 saturated carbocycles. The molecule has 1 aromatic carbocycles. The Balaban J connectivity index is 2.35. The minimum atomic E-state index is -4.87. The van der Waals surface area contributed by atoms with Gasteiger partial charge in [0.15, 0.2) is 0 Å². The molecule has 2 atom stereocenters. The van der Waals surface area contributed by atoms with Crippen LogP contribution < -0.4 is 0 Å². The van der Waals surface area contributed by atoms with Crippen LogP contribution in [0.5, 0.6) is 0 Å². The predicted molar refractivity (Wildman–Crippen MR) is 94.9 cm³/mol. The molecule has 0 radical (unpaired) electrons. The third kappa shape index (κ3) is 3.74. The largest absolute Gasteiger partial charge is 0.426 e. The van der Waals surface area contributed by atoms with Gasteiger partial charge >= 0.3 is 6.18 Å². The molecule has 1 aliphatic heterocycles. The Labute approximate surface area is 152 Å². The van der Waals surface area contributed by atoms with Crippen LogP contribution in [0.2, 0.25) is 0 Å². The lowest BCUT2D eigenvalue weighted by atomic mass is 9.87. The van der Waals surface area contributed by atoms with Gasteiger partial charge in [-0.05, 0) is 31.2 Å². The lowest BCUT2D eigenvalue weighted by molar-refractivity contribution is -0.234. The van der Waals surface area contributed by atoms with E-state index in [-0.39, 0.29) is 11.6 Å². The van der Waals surface area contributed by atoms with E-state index in [1.807, 2.05) is 13.8 Å². The van der Waals surface area contributed by atoms with Gasteiger partial charge in [-0.15, -0.1) is 0 Å². The molecule has 1 aliphatic rings. The third-order valence-corrected chi connectivity index (χ3v) is 5.47. The number of hydrazone groups is 1. The first-order chi connectivity index (χ1) is 12.2. The van der Waals surface area contributed by atoms with Crippen molar-refractivity contribution in [3.8, 4) is 0 Å². The maximum atomic E-state index is 13.6. The molecule has 1 fully saturated rings. The van der Waals surface area contributed by atoms with E-state index in [2.05, 4.69) is 5.10 Å². The summed E-state index contributed by atoms with van der Waals surface area (Å²) in [6.45, 7) is 4.54. The average Bonchev–Trinajstić information content (AvgIpc) is 3.11. The summed E-state index contributed by atoms with van der Waals surface area (Å²) in [4.78, 5) is 0. The third-order valence-electron chi connectivity index (χ3n) is 5.47. The highest BCUT2D eigenvalue weighted by molar-refractivity contribution is 5.72. The first-order valence-electron chi connectivity index (χ1n) is 8.95. The Morgan fingerprint density at radius 2 is 1.85 bits per heavy atom. The topological polar surface area (TPSA) is 45.1 Å². The summed E-state index contributed by atoms with van der Waals surface area (Å²) in [5.74, 6) is 0. The van der Waals surface area contributed by atoms with E-state index >= 15 is 0 Å². The van der Waals surface area contributed by atoms with Crippen molar-refractivity contribution in [3.63, 3.8) is 0 Å². The number of alkyl halides is 3. The molecular formula is C19H27F3N2O2. The molecule has 1 unspecified atom stereocenters. The highest BCUT2D eigenvalue weighted by Gasteiger charge is 2.54. The summed E-state index contributed by atoms with van der Waals surface area (Å²) in [6.07, 6.45) is -1.17. The van der Waals surface area contributed by atoms with Gasteiger partial charge in [-0.1, -0.05) is 44.2 Å². The van der Waals surface area contributed by atoms with Crippen LogP contribution in [-0.2, 0) is 10.3 Å². The van der Waals surface area contributed by atoms with Crippen molar-refractivity contribution in [2.24, 2.45) is 5.10 Å². The number of benzene rings is 1. The molecule has 7 heteroatoms. The number of aliphatic hydroxyl groups is 1. The normalized spacial score (nSPS) is 21.3. The molecule has 2 rings (SSSR count). The Bertz CT molecular complexity index is 594. The van der Waals surface area contributed by atoms with Crippen LogP contribution in [0.4, 0.5) is 13.2 Å². The van der Waals surface area contributed by atoms with Gasteiger partial charge in [0.25, 0.3) is 0 Å². The van der Waals surface area contributed by atoms with Crippen molar-refractivity contribution >= 4 is 6.21 Å². The van der Waals surface area contributed by atoms with Gasteiger partial charge in [0.05, 0.1) is 17.9 Å². The monoisotopic (exact) mass is 372 g/mol. The fraction of sp³-hybridized carbons (Fsp3) is 0.632. The summed E-state index contributed by atoms with van der Waals surface area (Å²) in [6, 6.07) is 6.90. The van der Waals surface area contributed by atoms with Crippen LogP contribution in [0.15, 0.2) is 35.4 Å². The highest BCUT2D eigenvalue weighted by Crippen LogP contribution is 2.39. The standard InChI is InChI=1S/C19H27F3N2O2/c1-4-17(5-2,26-3)16-12-9-13-24(16)23-14-18(25,19(20,21)22)15-10-7-6-8-11-15/h6-8,10-11,14,16,25H,4-5,9,12-13H2,1-3H3/b23-14+/t16-,18?/m0/s1. The predicted octanol–water partition coefficient (Wildman–Crippen LogP) is 4.09.